The van der Waals surface area contributed by atoms with Crippen LogP contribution in [-0.4, -0.2) is 26.8 Å². The van der Waals surface area contributed by atoms with Crippen LogP contribution in [0.25, 0.3) is 6.08 Å². The SMILES string of the molecule is COCCNCC(C)=Cc1ccsc1. The third kappa shape index (κ3) is 4.56. The van der Waals surface area contributed by atoms with E-state index in [-0.39, 0.29) is 0 Å². The number of thiophene rings is 1. The van der Waals surface area contributed by atoms with Gasteiger partial charge in [-0.3, -0.25) is 0 Å². The van der Waals surface area contributed by atoms with Crippen LogP contribution in [-0.2, 0) is 4.74 Å². The van der Waals surface area contributed by atoms with E-state index in [0.717, 1.165) is 19.7 Å². The number of methoxy groups -OCH3 is 1. The van der Waals surface area contributed by atoms with Gasteiger partial charge in [0, 0.05) is 20.2 Å². The first-order valence-corrected chi connectivity index (χ1v) is 5.66. The van der Waals surface area contributed by atoms with Crippen molar-refractivity contribution in [2.75, 3.05) is 26.8 Å². The van der Waals surface area contributed by atoms with E-state index in [4.69, 9.17) is 4.74 Å². The first kappa shape index (κ1) is 11.4. The predicted octanol–water partition coefficient (Wildman–Crippen LogP) is 2.39. The van der Waals surface area contributed by atoms with Crippen LogP contribution in [0.2, 0.25) is 0 Å². The van der Waals surface area contributed by atoms with E-state index in [1.807, 2.05) is 0 Å². The second-order valence-corrected chi connectivity index (χ2v) is 4.00. The molecule has 0 radical (unpaired) electrons. The zero-order valence-corrected chi connectivity index (χ0v) is 9.56. The van der Waals surface area contributed by atoms with Crippen molar-refractivity contribution in [2.24, 2.45) is 0 Å². The van der Waals surface area contributed by atoms with Crippen LogP contribution in [0.5, 0.6) is 0 Å². The van der Waals surface area contributed by atoms with E-state index in [9.17, 15) is 0 Å². The summed E-state index contributed by atoms with van der Waals surface area (Å²) >= 11 is 1.73. The van der Waals surface area contributed by atoms with Gasteiger partial charge >= 0.3 is 0 Å². The fourth-order valence-corrected chi connectivity index (χ4v) is 1.77. The van der Waals surface area contributed by atoms with Crippen LogP contribution in [0.1, 0.15) is 12.5 Å². The monoisotopic (exact) mass is 211 g/mol. The Kier molecular flexibility index (Phi) is 5.52. The van der Waals surface area contributed by atoms with Crippen LogP contribution in [0.3, 0.4) is 0 Å². The Hall–Kier alpha value is -0.640. The summed E-state index contributed by atoms with van der Waals surface area (Å²) in [6, 6.07) is 2.13. The van der Waals surface area contributed by atoms with Gasteiger partial charge in [0.2, 0.25) is 0 Å². The Bertz CT molecular complexity index is 267. The van der Waals surface area contributed by atoms with Gasteiger partial charge in [0.15, 0.2) is 0 Å². The molecule has 1 aromatic rings. The molecule has 0 spiro atoms. The van der Waals surface area contributed by atoms with Crippen LogP contribution in [0, 0.1) is 0 Å². The summed E-state index contributed by atoms with van der Waals surface area (Å²) in [5.74, 6) is 0. The zero-order valence-electron chi connectivity index (χ0n) is 8.75. The molecule has 14 heavy (non-hydrogen) atoms. The minimum Gasteiger partial charge on any atom is -0.383 e. The minimum absolute atomic E-state index is 0.770. The van der Waals surface area contributed by atoms with Gasteiger partial charge in [0.1, 0.15) is 0 Å². The second-order valence-electron chi connectivity index (χ2n) is 3.22. The molecule has 0 unspecified atom stereocenters. The van der Waals surface area contributed by atoms with Crippen LogP contribution >= 0.6 is 11.3 Å². The summed E-state index contributed by atoms with van der Waals surface area (Å²) in [5.41, 5.74) is 2.64. The molecule has 0 saturated heterocycles. The number of hydrogen-bond acceptors (Lipinski definition) is 3. The smallest absolute Gasteiger partial charge is 0.0587 e. The summed E-state index contributed by atoms with van der Waals surface area (Å²) in [6.45, 7) is 4.74. The third-order valence-corrected chi connectivity index (χ3v) is 2.54. The first-order chi connectivity index (χ1) is 6.83. The molecular weight excluding hydrogens is 194 g/mol. The molecule has 0 aromatic carbocycles. The molecule has 78 valence electrons. The van der Waals surface area contributed by atoms with E-state index >= 15 is 0 Å². The van der Waals surface area contributed by atoms with Gasteiger partial charge in [-0.15, -0.1) is 0 Å². The highest BCUT2D eigenvalue weighted by Gasteiger charge is 1.91. The molecule has 1 heterocycles. The molecule has 1 aromatic heterocycles. The van der Waals surface area contributed by atoms with Gasteiger partial charge in [0.05, 0.1) is 6.61 Å². The van der Waals surface area contributed by atoms with E-state index in [0.29, 0.717) is 0 Å². The van der Waals surface area contributed by atoms with Crippen molar-refractivity contribution in [1.29, 1.82) is 0 Å². The average molecular weight is 211 g/mol. The summed E-state index contributed by atoms with van der Waals surface area (Å²) in [5, 5.41) is 7.55. The summed E-state index contributed by atoms with van der Waals surface area (Å²) in [7, 11) is 1.72. The average Bonchev–Trinajstić information content (AvgIpc) is 2.65. The Balaban J connectivity index is 2.24. The molecular formula is C11H17NOS. The molecule has 0 atom stereocenters. The maximum absolute atomic E-state index is 4.95. The molecule has 3 heteroatoms. The first-order valence-electron chi connectivity index (χ1n) is 4.72. The van der Waals surface area contributed by atoms with Gasteiger partial charge < -0.3 is 10.1 Å². The van der Waals surface area contributed by atoms with Crippen LogP contribution < -0.4 is 5.32 Å². The highest BCUT2D eigenvalue weighted by atomic mass is 32.1. The topological polar surface area (TPSA) is 21.3 Å². The predicted molar refractivity (Wildman–Crippen MR) is 62.7 cm³/mol. The van der Waals surface area contributed by atoms with Gasteiger partial charge in [-0.1, -0.05) is 11.6 Å². The van der Waals surface area contributed by atoms with Crippen molar-refractivity contribution in [3.63, 3.8) is 0 Å². The minimum atomic E-state index is 0.770. The standard InChI is InChI=1S/C11H17NOS/c1-10(8-12-4-5-13-2)7-11-3-6-14-9-11/h3,6-7,9,12H,4-5,8H2,1-2H3. The van der Waals surface area contributed by atoms with Crippen molar-refractivity contribution in [2.45, 2.75) is 6.92 Å². The number of hydrogen-bond donors (Lipinski definition) is 1. The lowest BCUT2D eigenvalue weighted by Gasteiger charge is -2.03. The van der Waals surface area contributed by atoms with Crippen molar-refractivity contribution in [1.82, 2.24) is 5.32 Å². The Morgan fingerprint density at radius 2 is 2.50 bits per heavy atom. The van der Waals surface area contributed by atoms with E-state index < -0.39 is 0 Å². The summed E-state index contributed by atoms with van der Waals surface area (Å²) < 4.78 is 4.95. The lowest BCUT2D eigenvalue weighted by molar-refractivity contribution is 0.200. The van der Waals surface area contributed by atoms with Crippen molar-refractivity contribution < 1.29 is 4.74 Å². The maximum atomic E-state index is 4.95. The quantitative estimate of drug-likeness (QED) is 0.729. The Morgan fingerprint density at radius 1 is 1.64 bits per heavy atom. The highest BCUT2D eigenvalue weighted by molar-refractivity contribution is 7.08. The largest absolute Gasteiger partial charge is 0.383 e. The lowest BCUT2D eigenvalue weighted by atomic mass is 10.2. The highest BCUT2D eigenvalue weighted by Crippen LogP contribution is 2.10. The van der Waals surface area contributed by atoms with Gasteiger partial charge in [-0.2, -0.15) is 11.3 Å². The molecule has 2 nitrogen and oxygen atoms in total. The number of ether oxygens (including phenoxy) is 1. The molecule has 0 fully saturated rings. The van der Waals surface area contributed by atoms with Crippen molar-refractivity contribution >= 4 is 17.4 Å². The van der Waals surface area contributed by atoms with Crippen LogP contribution in [0.15, 0.2) is 22.4 Å². The van der Waals surface area contributed by atoms with Crippen LogP contribution in [0.4, 0.5) is 0 Å². The third-order valence-electron chi connectivity index (χ3n) is 1.84. The second kappa shape index (κ2) is 6.76. The molecule has 0 aliphatic carbocycles. The van der Waals surface area contributed by atoms with E-state index in [2.05, 4.69) is 35.1 Å². The summed E-state index contributed by atoms with van der Waals surface area (Å²) in [4.78, 5) is 0. The van der Waals surface area contributed by atoms with E-state index in [1.165, 1.54) is 11.1 Å². The zero-order chi connectivity index (χ0) is 10.2. The van der Waals surface area contributed by atoms with Crippen molar-refractivity contribution in [3.8, 4) is 0 Å². The lowest BCUT2D eigenvalue weighted by Crippen LogP contribution is -2.20. The summed E-state index contributed by atoms with van der Waals surface area (Å²) in [6.07, 6.45) is 2.20. The van der Waals surface area contributed by atoms with Gasteiger partial charge in [0.25, 0.3) is 0 Å². The number of nitrogens with one attached hydrogen (secondary N) is 1. The molecule has 0 bridgehead atoms. The fraction of sp³-hybridized carbons (Fsp3) is 0.455. The normalized spacial score (nSPS) is 12.0. The Morgan fingerprint density at radius 3 is 3.14 bits per heavy atom. The maximum Gasteiger partial charge on any atom is 0.0587 e. The Labute approximate surface area is 89.6 Å². The number of rotatable bonds is 6. The molecule has 0 amide bonds. The van der Waals surface area contributed by atoms with E-state index in [1.54, 1.807) is 18.4 Å². The fourth-order valence-electron chi connectivity index (χ4n) is 1.15. The van der Waals surface area contributed by atoms with Crippen molar-refractivity contribution in [3.05, 3.63) is 28.0 Å². The van der Waals surface area contributed by atoms with Gasteiger partial charge in [-0.25, -0.2) is 0 Å². The molecule has 1 N–H and O–H groups in total. The van der Waals surface area contributed by atoms with Gasteiger partial charge in [-0.05, 0) is 29.3 Å². The molecule has 0 saturated carbocycles. The molecule has 1 rings (SSSR count). The molecule has 0 aliphatic heterocycles. The molecule has 0 aliphatic rings.